The zero-order valence-corrected chi connectivity index (χ0v) is 13.3. The van der Waals surface area contributed by atoms with Crippen molar-refractivity contribution in [2.75, 3.05) is 6.54 Å². The van der Waals surface area contributed by atoms with Crippen molar-refractivity contribution >= 4 is 0 Å². The van der Waals surface area contributed by atoms with Crippen molar-refractivity contribution in [1.29, 1.82) is 0 Å². The Balaban J connectivity index is 2.10. The normalized spacial score (nSPS) is 27.2. The van der Waals surface area contributed by atoms with Gasteiger partial charge in [-0.2, -0.15) is 0 Å². The molecule has 1 aromatic rings. The molecule has 3 nitrogen and oxygen atoms in total. The highest BCUT2D eigenvalue weighted by Gasteiger charge is 2.33. The van der Waals surface area contributed by atoms with E-state index in [0.717, 1.165) is 18.4 Å². The third-order valence-corrected chi connectivity index (χ3v) is 4.73. The van der Waals surface area contributed by atoms with E-state index in [2.05, 4.69) is 43.0 Å². The van der Waals surface area contributed by atoms with Crippen molar-refractivity contribution in [3.05, 3.63) is 24.3 Å². The van der Waals surface area contributed by atoms with E-state index < -0.39 is 0 Å². The topological polar surface area (TPSA) is 37.8 Å². The molecule has 0 aromatic carbocycles. The fraction of sp³-hybridized carbons (Fsp3) is 0.765. The molecule has 112 valence electrons. The second-order valence-electron chi connectivity index (χ2n) is 6.88. The van der Waals surface area contributed by atoms with Gasteiger partial charge in [-0.15, -0.1) is 0 Å². The first-order chi connectivity index (χ1) is 9.58. The standard InChI is InChI=1S/C17H29N3/c1-12(2)14-5-6-15(10-20-13(3)4)16(9-14)17-11-18-7-8-19-17/h7-8,11-16,20H,5-6,9-10H2,1-4H3. The molecule has 1 fully saturated rings. The Hall–Kier alpha value is -0.960. The van der Waals surface area contributed by atoms with Gasteiger partial charge in [-0.05, 0) is 43.6 Å². The van der Waals surface area contributed by atoms with E-state index in [1.807, 2.05) is 12.4 Å². The molecule has 0 spiro atoms. The second kappa shape index (κ2) is 7.16. The Labute approximate surface area is 123 Å². The van der Waals surface area contributed by atoms with Gasteiger partial charge >= 0.3 is 0 Å². The molecular formula is C17H29N3. The van der Waals surface area contributed by atoms with Gasteiger partial charge < -0.3 is 5.32 Å². The molecular weight excluding hydrogens is 246 g/mol. The minimum atomic E-state index is 0.556. The van der Waals surface area contributed by atoms with Gasteiger partial charge in [0.15, 0.2) is 0 Å². The number of rotatable bonds is 5. The summed E-state index contributed by atoms with van der Waals surface area (Å²) >= 11 is 0. The molecule has 20 heavy (non-hydrogen) atoms. The molecule has 2 rings (SSSR count). The summed E-state index contributed by atoms with van der Waals surface area (Å²) in [7, 11) is 0. The zero-order chi connectivity index (χ0) is 14.5. The zero-order valence-electron chi connectivity index (χ0n) is 13.3. The van der Waals surface area contributed by atoms with Crippen molar-refractivity contribution in [3.8, 4) is 0 Å². The van der Waals surface area contributed by atoms with Crippen molar-refractivity contribution in [1.82, 2.24) is 15.3 Å². The fourth-order valence-electron chi connectivity index (χ4n) is 3.37. The molecule has 1 saturated carbocycles. The van der Waals surface area contributed by atoms with Gasteiger partial charge in [0, 0.05) is 30.6 Å². The molecule has 0 aliphatic heterocycles. The largest absolute Gasteiger partial charge is 0.314 e. The molecule has 3 heteroatoms. The molecule has 0 amide bonds. The first-order valence-electron chi connectivity index (χ1n) is 8.07. The van der Waals surface area contributed by atoms with E-state index in [4.69, 9.17) is 0 Å². The number of nitrogens with zero attached hydrogens (tertiary/aromatic N) is 2. The van der Waals surface area contributed by atoms with Crippen molar-refractivity contribution < 1.29 is 0 Å². The molecule has 3 atom stereocenters. The predicted molar refractivity (Wildman–Crippen MR) is 83.6 cm³/mol. The Morgan fingerprint density at radius 3 is 2.60 bits per heavy atom. The van der Waals surface area contributed by atoms with E-state index in [1.54, 1.807) is 6.20 Å². The van der Waals surface area contributed by atoms with Crippen LogP contribution in [0, 0.1) is 17.8 Å². The summed E-state index contributed by atoms with van der Waals surface area (Å²) in [6, 6.07) is 0.556. The van der Waals surface area contributed by atoms with Crippen LogP contribution in [0.25, 0.3) is 0 Å². The monoisotopic (exact) mass is 275 g/mol. The quantitative estimate of drug-likeness (QED) is 0.891. The van der Waals surface area contributed by atoms with Crippen LogP contribution >= 0.6 is 0 Å². The Morgan fingerprint density at radius 1 is 1.20 bits per heavy atom. The number of hydrogen-bond donors (Lipinski definition) is 1. The maximum atomic E-state index is 4.58. The van der Waals surface area contributed by atoms with E-state index >= 15 is 0 Å². The van der Waals surface area contributed by atoms with Gasteiger partial charge in [0.05, 0.1) is 5.69 Å². The van der Waals surface area contributed by atoms with Gasteiger partial charge in [-0.1, -0.05) is 27.7 Å². The average molecular weight is 275 g/mol. The lowest BCUT2D eigenvalue weighted by atomic mass is 9.69. The minimum absolute atomic E-state index is 0.556. The number of aromatic nitrogens is 2. The summed E-state index contributed by atoms with van der Waals surface area (Å²) in [5, 5.41) is 3.61. The fourth-order valence-corrected chi connectivity index (χ4v) is 3.37. The molecule has 1 aliphatic rings. The lowest BCUT2D eigenvalue weighted by Gasteiger charge is -2.38. The van der Waals surface area contributed by atoms with Gasteiger partial charge in [-0.3, -0.25) is 9.97 Å². The van der Waals surface area contributed by atoms with Crippen LogP contribution in [0.2, 0.25) is 0 Å². The maximum absolute atomic E-state index is 4.58. The Kier molecular flexibility index (Phi) is 5.53. The molecule has 1 aliphatic carbocycles. The van der Waals surface area contributed by atoms with Crippen molar-refractivity contribution in [3.63, 3.8) is 0 Å². The second-order valence-corrected chi connectivity index (χ2v) is 6.88. The lowest BCUT2D eigenvalue weighted by Crippen LogP contribution is -2.36. The summed E-state index contributed by atoms with van der Waals surface area (Å²) in [6.07, 6.45) is 9.51. The van der Waals surface area contributed by atoms with Crippen LogP contribution < -0.4 is 5.32 Å². The average Bonchev–Trinajstić information content (AvgIpc) is 2.45. The van der Waals surface area contributed by atoms with Crippen LogP contribution in [0.5, 0.6) is 0 Å². The highest BCUT2D eigenvalue weighted by molar-refractivity contribution is 5.08. The summed E-state index contributed by atoms with van der Waals surface area (Å²) in [4.78, 5) is 8.86. The molecule has 3 unspecified atom stereocenters. The molecule has 1 heterocycles. The number of nitrogens with one attached hydrogen (secondary N) is 1. The van der Waals surface area contributed by atoms with Crippen LogP contribution in [0.15, 0.2) is 18.6 Å². The third-order valence-electron chi connectivity index (χ3n) is 4.73. The van der Waals surface area contributed by atoms with E-state index in [1.165, 1.54) is 25.0 Å². The van der Waals surface area contributed by atoms with Crippen LogP contribution in [0.3, 0.4) is 0 Å². The van der Waals surface area contributed by atoms with Gasteiger partial charge in [-0.25, -0.2) is 0 Å². The third kappa shape index (κ3) is 4.02. The summed E-state index contributed by atoms with van der Waals surface area (Å²) < 4.78 is 0. The van der Waals surface area contributed by atoms with Gasteiger partial charge in [0.2, 0.25) is 0 Å². The van der Waals surface area contributed by atoms with Crippen molar-refractivity contribution in [2.24, 2.45) is 17.8 Å². The smallest absolute Gasteiger partial charge is 0.0620 e. The minimum Gasteiger partial charge on any atom is -0.314 e. The molecule has 0 bridgehead atoms. The Morgan fingerprint density at radius 2 is 2.00 bits per heavy atom. The molecule has 0 radical (unpaired) electrons. The summed E-state index contributed by atoms with van der Waals surface area (Å²) in [6.45, 7) is 10.2. The van der Waals surface area contributed by atoms with Gasteiger partial charge in [0.1, 0.15) is 0 Å². The maximum Gasteiger partial charge on any atom is 0.0620 e. The first-order valence-corrected chi connectivity index (χ1v) is 8.07. The van der Waals surface area contributed by atoms with Crippen LogP contribution in [-0.4, -0.2) is 22.6 Å². The lowest BCUT2D eigenvalue weighted by molar-refractivity contribution is 0.186. The highest BCUT2D eigenvalue weighted by Crippen LogP contribution is 2.42. The Bertz CT molecular complexity index is 388. The van der Waals surface area contributed by atoms with E-state index in [-0.39, 0.29) is 0 Å². The predicted octanol–water partition coefficient (Wildman–Crippen LogP) is 3.63. The van der Waals surface area contributed by atoms with E-state index in [9.17, 15) is 0 Å². The SMILES string of the molecule is CC(C)NCC1CCC(C(C)C)CC1c1cnccn1. The van der Waals surface area contributed by atoms with Crippen LogP contribution in [0.1, 0.15) is 58.6 Å². The molecule has 0 saturated heterocycles. The molecule has 1 N–H and O–H groups in total. The van der Waals surface area contributed by atoms with Crippen LogP contribution in [0.4, 0.5) is 0 Å². The number of hydrogen-bond acceptors (Lipinski definition) is 3. The van der Waals surface area contributed by atoms with E-state index in [0.29, 0.717) is 17.9 Å². The molecule has 1 aromatic heterocycles. The van der Waals surface area contributed by atoms with Crippen LogP contribution in [-0.2, 0) is 0 Å². The highest BCUT2D eigenvalue weighted by atomic mass is 14.9. The van der Waals surface area contributed by atoms with Crippen molar-refractivity contribution in [2.45, 2.75) is 58.9 Å². The summed E-state index contributed by atoms with van der Waals surface area (Å²) in [5.74, 6) is 2.87. The first kappa shape index (κ1) is 15.4. The van der Waals surface area contributed by atoms with Gasteiger partial charge in [0.25, 0.3) is 0 Å². The summed E-state index contributed by atoms with van der Waals surface area (Å²) in [5.41, 5.74) is 1.19.